The van der Waals surface area contributed by atoms with Crippen LogP contribution in [0, 0.1) is 27.7 Å². The number of benzene rings is 3. The first-order valence-electron chi connectivity index (χ1n) is 11.7. The molecule has 3 aromatic rings. The van der Waals surface area contributed by atoms with Crippen molar-refractivity contribution < 1.29 is 14.3 Å². The van der Waals surface area contributed by atoms with Crippen molar-refractivity contribution in [1.29, 1.82) is 0 Å². The van der Waals surface area contributed by atoms with Gasteiger partial charge in [-0.1, -0.05) is 30.9 Å². The molecular formula is C30H30N2O3S. The van der Waals surface area contributed by atoms with Crippen molar-refractivity contribution in [3.05, 3.63) is 100.0 Å². The molecule has 1 amide bonds. The van der Waals surface area contributed by atoms with Gasteiger partial charge in [0, 0.05) is 0 Å². The van der Waals surface area contributed by atoms with E-state index in [2.05, 4.69) is 33.4 Å². The van der Waals surface area contributed by atoms with Crippen LogP contribution in [0.3, 0.4) is 0 Å². The maximum Gasteiger partial charge on any atom is 0.271 e. The number of aryl methyl sites for hydroxylation is 4. The summed E-state index contributed by atoms with van der Waals surface area (Å²) in [5.74, 6) is 1.10. The Hall–Kier alpha value is -3.77. The van der Waals surface area contributed by atoms with Gasteiger partial charge in [-0.25, -0.2) is 4.99 Å². The van der Waals surface area contributed by atoms with Crippen molar-refractivity contribution >= 4 is 40.3 Å². The first-order chi connectivity index (χ1) is 17.3. The van der Waals surface area contributed by atoms with Crippen LogP contribution in [0.2, 0.25) is 0 Å². The molecule has 1 heterocycles. The summed E-state index contributed by atoms with van der Waals surface area (Å²) in [6.07, 6.45) is 3.55. The number of aliphatic imine (C=N–C) groups is 1. The molecule has 1 aliphatic rings. The maximum absolute atomic E-state index is 13.7. The van der Waals surface area contributed by atoms with Gasteiger partial charge in [-0.15, -0.1) is 0 Å². The smallest absolute Gasteiger partial charge is 0.271 e. The molecule has 0 aliphatic carbocycles. The standard InChI is InChI=1S/C30H30N2O3S/c1-7-14-35-26-13-10-23(17-27(26)34-6)18-28-29(33)32(25-12-9-20(3)22(5)16-25)30(36-28)31-24-11-8-19(2)21(4)15-24/h7-13,15-18H,1,14H2,2-6H3/b28-18-,31-30?. The van der Waals surface area contributed by atoms with Gasteiger partial charge in [0.2, 0.25) is 0 Å². The molecule has 184 valence electrons. The molecular weight excluding hydrogens is 468 g/mol. The molecule has 0 radical (unpaired) electrons. The van der Waals surface area contributed by atoms with Crippen molar-refractivity contribution in [3.8, 4) is 11.5 Å². The summed E-state index contributed by atoms with van der Waals surface area (Å²) in [4.78, 5) is 20.8. The molecule has 3 aromatic carbocycles. The van der Waals surface area contributed by atoms with E-state index in [1.54, 1.807) is 18.1 Å². The molecule has 0 N–H and O–H groups in total. The number of carbonyl (C=O) groups excluding carboxylic acids is 1. The molecule has 0 aromatic heterocycles. The Kier molecular flexibility index (Phi) is 7.65. The summed E-state index contributed by atoms with van der Waals surface area (Å²) in [6.45, 7) is 12.3. The number of anilines is 1. The van der Waals surface area contributed by atoms with Crippen LogP contribution in [0.4, 0.5) is 11.4 Å². The lowest BCUT2D eigenvalue weighted by Crippen LogP contribution is -2.28. The monoisotopic (exact) mass is 498 g/mol. The molecule has 5 nitrogen and oxygen atoms in total. The number of ether oxygens (including phenoxy) is 2. The van der Waals surface area contributed by atoms with Crippen molar-refractivity contribution in [2.45, 2.75) is 27.7 Å². The Bertz CT molecular complexity index is 1390. The third-order valence-corrected chi connectivity index (χ3v) is 7.08. The highest BCUT2D eigenvalue weighted by Crippen LogP contribution is 2.39. The molecule has 4 rings (SSSR count). The number of methoxy groups -OCH3 is 1. The van der Waals surface area contributed by atoms with Crippen LogP contribution in [0.15, 0.2) is 77.1 Å². The number of hydrogen-bond acceptors (Lipinski definition) is 5. The topological polar surface area (TPSA) is 51.1 Å². The largest absolute Gasteiger partial charge is 0.493 e. The van der Waals surface area contributed by atoms with Crippen LogP contribution in [0.25, 0.3) is 6.08 Å². The van der Waals surface area contributed by atoms with E-state index in [0.717, 1.165) is 28.1 Å². The van der Waals surface area contributed by atoms with Gasteiger partial charge in [0.15, 0.2) is 16.7 Å². The number of amidine groups is 1. The summed E-state index contributed by atoms with van der Waals surface area (Å²) in [6, 6.07) is 17.7. The van der Waals surface area contributed by atoms with Gasteiger partial charge in [-0.05, 0) is 110 Å². The third kappa shape index (κ3) is 5.39. The van der Waals surface area contributed by atoms with Gasteiger partial charge in [0.05, 0.1) is 23.4 Å². The number of carbonyl (C=O) groups is 1. The van der Waals surface area contributed by atoms with Gasteiger partial charge < -0.3 is 9.47 Å². The molecule has 36 heavy (non-hydrogen) atoms. The summed E-state index contributed by atoms with van der Waals surface area (Å²) in [7, 11) is 1.60. The minimum atomic E-state index is -0.114. The van der Waals surface area contributed by atoms with E-state index in [0.29, 0.717) is 28.2 Å². The fourth-order valence-electron chi connectivity index (χ4n) is 3.74. The summed E-state index contributed by atoms with van der Waals surface area (Å²) in [5.41, 5.74) is 7.10. The Morgan fingerprint density at radius 3 is 2.31 bits per heavy atom. The Labute approximate surface area is 217 Å². The molecule has 0 spiro atoms. The van der Waals surface area contributed by atoms with E-state index in [4.69, 9.17) is 14.5 Å². The second-order valence-corrected chi connectivity index (χ2v) is 9.70. The molecule has 0 saturated carbocycles. The highest BCUT2D eigenvalue weighted by molar-refractivity contribution is 8.19. The maximum atomic E-state index is 13.7. The fraction of sp³-hybridized carbons (Fsp3) is 0.200. The molecule has 0 atom stereocenters. The third-order valence-electron chi connectivity index (χ3n) is 6.11. The van der Waals surface area contributed by atoms with E-state index < -0.39 is 0 Å². The number of rotatable bonds is 7. The zero-order valence-electron chi connectivity index (χ0n) is 21.3. The average molecular weight is 499 g/mol. The highest BCUT2D eigenvalue weighted by atomic mass is 32.2. The number of hydrogen-bond donors (Lipinski definition) is 0. The highest BCUT2D eigenvalue weighted by Gasteiger charge is 2.35. The zero-order chi connectivity index (χ0) is 25.8. The fourth-order valence-corrected chi connectivity index (χ4v) is 4.74. The minimum Gasteiger partial charge on any atom is -0.493 e. The second kappa shape index (κ2) is 10.9. The van der Waals surface area contributed by atoms with Gasteiger partial charge >= 0.3 is 0 Å². The summed E-state index contributed by atoms with van der Waals surface area (Å²) >= 11 is 1.37. The van der Waals surface area contributed by atoms with E-state index in [9.17, 15) is 4.79 Å². The molecule has 6 heteroatoms. The van der Waals surface area contributed by atoms with E-state index in [1.807, 2.05) is 61.5 Å². The molecule has 1 fully saturated rings. The van der Waals surface area contributed by atoms with Crippen LogP contribution in [0.1, 0.15) is 27.8 Å². The number of amides is 1. The van der Waals surface area contributed by atoms with E-state index in [1.165, 1.54) is 22.9 Å². The summed E-state index contributed by atoms with van der Waals surface area (Å²) in [5, 5.41) is 0.621. The summed E-state index contributed by atoms with van der Waals surface area (Å²) < 4.78 is 11.2. The Morgan fingerprint density at radius 1 is 0.917 bits per heavy atom. The zero-order valence-corrected chi connectivity index (χ0v) is 22.1. The number of thioether (sulfide) groups is 1. The van der Waals surface area contributed by atoms with Crippen LogP contribution < -0.4 is 14.4 Å². The Balaban J connectivity index is 1.76. The van der Waals surface area contributed by atoms with Crippen molar-refractivity contribution in [2.24, 2.45) is 4.99 Å². The number of nitrogens with zero attached hydrogens (tertiary/aromatic N) is 2. The first-order valence-corrected chi connectivity index (χ1v) is 12.5. The first kappa shape index (κ1) is 25.3. The van der Waals surface area contributed by atoms with Crippen LogP contribution in [-0.2, 0) is 4.79 Å². The van der Waals surface area contributed by atoms with E-state index >= 15 is 0 Å². The predicted octanol–water partition coefficient (Wildman–Crippen LogP) is 7.30. The molecule has 1 aliphatic heterocycles. The van der Waals surface area contributed by atoms with Crippen molar-refractivity contribution in [3.63, 3.8) is 0 Å². The second-order valence-electron chi connectivity index (χ2n) is 8.69. The minimum absolute atomic E-state index is 0.114. The normalized spacial score (nSPS) is 15.6. The van der Waals surface area contributed by atoms with Gasteiger partial charge in [0.1, 0.15) is 6.61 Å². The molecule has 0 bridgehead atoms. The van der Waals surface area contributed by atoms with E-state index in [-0.39, 0.29) is 5.91 Å². The SMILES string of the molecule is C=CCOc1ccc(/C=C2\SC(=Nc3ccc(C)c(C)c3)N(c3ccc(C)c(C)c3)C2=O)cc1OC. The van der Waals surface area contributed by atoms with Crippen LogP contribution >= 0.6 is 11.8 Å². The van der Waals surface area contributed by atoms with Gasteiger partial charge in [-0.2, -0.15) is 0 Å². The Morgan fingerprint density at radius 2 is 1.64 bits per heavy atom. The van der Waals surface area contributed by atoms with Gasteiger partial charge in [0.25, 0.3) is 5.91 Å². The lowest BCUT2D eigenvalue weighted by atomic mass is 10.1. The predicted molar refractivity (Wildman–Crippen MR) is 151 cm³/mol. The lowest BCUT2D eigenvalue weighted by molar-refractivity contribution is -0.113. The van der Waals surface area contributed by atoms with Crippen LogP contribution in [-0.4, -0.2) is 24.8 Å². The lowest BCUT2D eigenvalue weighted by Gasteiger charge is -2.17. The van der Waals surface area contributed by atoms with Gasteiger partial charge in [-0.3, -0.25) is 9.69 Å². The quantitative estimate of drug-likeness (QED) is 0.253. The van der Waals surface area contributed by atoms with Crippen molar-refractivity contribution in [1.82, 2.24) is 0 Å². The molecule has 1 saturated heterocycles. The average Bonchev–Trinajstić information content (AvgIpc) is 3.16. The van der Waals surface area contributed by atoms with Crippen molar-refractivity contribution in [2.75, 3.05) is 18.6 Å². The van der Waals surface area contributed by atoms with Crippen LogP contribution in [0.5, 0.6) is 11.5 Å². The molecule has 0 unspecified atom stereocenters.